The number of imidazole rings is 1. The van der Waals surface area contributed by atoms with Crippen molar-refractivity contribution in [2.45, 2.75) is 26.3 Å². The van der Waals surface area contributed by atoms with Crippen LogP contribution in [0.2, 0.25) is 0 Å². The van der Waals surface area contributed by atoms with E-state index in [2.05, 4.69) is 15.0 Å². The monoisotopic (exact) mass is 507 g/mol. The van der Waals surface area contributed by atoms with Crippen molar-refractivity contribution in [2.24, 2.45) is 0 Å². The van der Waals surface area contributed by atoms with Crippen LogP contribution in [0.5, 0.6) is 0 Å². The lowest BCUT2D eigenvalue weighted by Crippen LogP contribution is -2.30. The first-order valence-corrected chi connectivity index (χ1v) is 12.5. The second-order valence-corrected chi connectivity index (χ2v) is 9.13. The van der Waals surface area contributed by atoms with Crippen LogP contribution in [0.3, 0.4) is 0 Å². The maximum absolute atomic E-state index is 13.3. The van der Waals surface area contributed by atoms with Crippen LogP contribution in [-0.2, 0) is 24.2 Å². The quantitative estimate of drug-likeness (QED) is 0.330. The van der Waals surface area contributed by atoms with E-state index in [-0.39, 0.29) is 11.3 Å². The predicted molar refractivity (Wildman–Crippen MR) is 148 cm³/mol. The van der Waals surface area contributed by atoms with Crippen molar-refractivity contribution in [3.63, 3.8) is 0 Å². The van der Waals surface area contributed by atoms with Gasteiger partial charge in [0, 0.05) is 50.5 Å². The molecule has 192 valence electrons. The Morgan fingerprint density at radius 1 is 1.03 bits per heavy atom. The number of benzene rings is 1. The lowest BCUT2D eigenvalue weighted by Gasteiger charge is -2.17. The maximum atomic E-state index is 13.3. The van der Waals surface area contributed by atoms with Gasteiger partial charge in [0.1, 0.15) is 22.9 Å². The van der Waals surface area contributed by atoms with E-state index in [4.69, 9.17) is 10.7 Å². The van der Waals surface area contributed by atoms with Gasteiger partial charge in [0.2, 0.25) is 11.3 Å². The van der Waals surface area contributed by atoms with E-state index in [1.54, 1.807) is 35.8 Å². The summed E-state index contributed by atoms with van der Waals surface area (Å²) in [7, 11) is 1.83. The Hall–Kier alpha value is -4.79. The number of H-pyrrole nitrogens is 1. The fourth-order valence-corrected chi connectivity index (χ4v) is 4.52. The number of aryl methyl sites for hydroxylation is 1. The first-order valence-electron chi connectivity index (χ1n) is 12.5. The Morgan fingerprint density at radius 3 is 2.47 bits per heavy atom. The van der Waals surface area contributed by atoms with E-state index in [1.165, 1.54) is 0 Å². The van der Waals surface area contributed by atoms with Crippen molar-refractivity contribution in [3.05, 3.63) is 94.7 Å². The third-order valence-corrected chi connectivity index (χ3v) is 6.72. The number of carbonyl (C=O) groups is 1. The second kappa shape index (κ2) is 10.7. The molecule has 0 saturated carbocycles. The molecule has 0 bridgehead atoms. The van der Waals surface area contributed by atoms with E-state index in [9.17, 15) is 9.59 Å². The number of aromatic amines is 1. The van der Waals surface area contributed by atoms with Crippen molar-refractivity contribution >= 4 is 22.8 Å². The molecule has 0 aliphatic rings. The normalized spacial score (nSPS) is 11.1. The number of nitrogens with zero attached hydrogens (tertiary/aromatic N) is 5. The molecule has 0 spiro atoms. The topological polar surface area (TPSA) is 123 Å². The Bertz CT molecular complexity index is 1630. The van der Waals surface area contributed by atoms with Crippen LogP contribution in [0.15, 0.2) is 78.1 Å². The minimum Gasteiger partial charge on any atom is -0.384 e. The zero-order chi connectivity index (χ0) is 26.6. The zero-order valence-electron chi connectivity index (χ0n) is 21.4. The SMILES string of the molecule is CCn1c(N)c(-c2ncc[nH]2)c(=O)c2ccc(-c3ccc(CC(=O)N(C)CCc4ccncc4)cc3)nc21. The Balaban J connectivity index is 1.35. The second-order valence-electron chi connectivity index (χ2n) is 9.13. The maximum Gasteiger partial charge on any atom is 0.226 e. The standard InChI is InChI=1S/C29H29N7O2/c1-3-36-27(30)25(28-32-15-16-33-28)26(38)22-8-9-23(34-29(22)36)21-6-4-20(5-7-21)18-24(37)35(2)17-12-19-10-13-31-14-11-19/h4-11,13-16H,3,12,17-18,30H2,1-2H3,(H,32,33). The van der Waals surface area contributed by atoms with Gasteiger partial charge >= 0.3 is 0 Å². The Labute approximate surface area is 220 Å². The predicted octanol–water partition coefficient (Wildman–Crippen LogP) is 3.69. The highest BCUT2D eigenvalue weighted by molar-refractivity contribution is 5.87. The number of aromatic nitrogens is 5. The van der Waals surface area contributed by atoms with E-state index < -0.39 is 0 Å². The van der Waals surface area contributed by atoms with E-state index in [0.717, 1.165) is 28.8 Å². The summed E-state index contributed by atoms with van der Waals surface area (Å²) in [6, 6.07) is 15.3. The summed E-state index contributed by atoms with van der Waals surface area (Å²) in [6.45, 7) is 3.15. The van der Waals surface area contributed by atoms with Crippen molar-refractivity contribution in [2.75, 3.05) is 19.3 Å². The molecule has 1 aromatic carbocycles. The minimum absolute atomic E-state index is 0.0606. The van der Waals surface area contributed by atoms with Crippen molar-refractivity contribution in [1.29, 1.82) is 0 Å². The average Bonchev–Trinajstić information content (AvgIpc) is 3.47. The van der Waals surface area contributed by atoms with Gasteiger partial charge in [-0.05, 0) is 48.7 Å². The fraction of sp³-hybridized carbons (Fsp3) is 0.207. The first kappa shape index (κ1) is 24.9. The summed E-state index contributed by atoms with van der Waals surface area (Å²) in [4.78, 5) is 43.8. The zero-order valence-corrected chi connectivity index (χ0v) is 21.4. The van der Waals surface area contributed by atoms with Crippen LogP contribution in [0.4, 0.5) is 5.82 Å². The van der Waals surface area contributed by atoms with Crippen LogP contribution in [0.25, 0.3) is 33.7 Å². The van der Waals surface area contributed by atoms with E-state index in [0.29, 0.717) is 47.7 Å². The van der Waals surface area contributed by atoms with Gasteiger partial charge in [-0.25, -0.2) is 9.97 Å². The molecule has 0 fully saturated rings. The Kier molecular flexibility index (Phi) is 6.99. The van der Waals surface area contributed by atoms with Crippen LogP contribution in [0, 0.1) is 0 Å². The molecule has 9 nitrogen and oxygen atoms in total. The molecule has 0 atom stereocenters. The highest BCUT2D eigenvalue weighted by Gasteiger charge is 2.19. The molecule has 0 aliphatic carbocycles. The molecule has 0 unspecified atom stereocenters. The van der Waals surface area contributed by atoms with E-state index in [1.807, 2.05) is 61.0 Å². The Morgan fingerprint density at radius 2 is 1.79 bits per heavy atom. The van der Waals surface area contributed by atoms with Gasteiger partial charge in [-0.1, -0.05) is 24.3 Å². The molecule has 5 rings (SSSR count). The molecule has 0 radical (unpaired) electrons. The van der Waals surface area contributed by atoms with Crippen LogP contribution >= 0.6 is 0 Å². The molecule has 5 aromatic rings. The minimum atomic E-state index is -0.210. The number of carbonyl (C=O) groups excluding carboxylic acids is 1. The lowest BCUT2D eigenvalue weighted by molar-refractivity contribution is -0.129. The van der Waals surface area contributed by atoms with Crippen molar-refractivity contribution in [1.82, 2.24) is 29.4 Å². The van der Waals surface area contributed by atoms with E-state index >= 15 is 0 Å². The summed E-state index contributed by atoms with van der Waals surface area (Å²) < 4.78 is 1.83. The highest BCUT2D eigenvalue weighted by Crippen LogP contribution is 2.26. The molecule has 4 aromatic heterocycles. The molecule has 4 heterocycles. The summed E-state index contributed by atoms with van der Waals surface area (Å²) in [5.41, 5.74) is 10.8. The number of hydrogen-bond acceptors (Lipinski definition) is 6. The molecular formula is C29H29N7O2. The van der Waals surface area contributed by atoms with Gasteiger partial charge in [0.15, 0.2) is 0 Å². The number of hydrogen-bond donors (Lipinski definition) is 2. The van der Waals surface area contributed by atoms with Gasteiger partial charge in [-0.2, -0.15) is 0 Å². The number of nitrogens with two attached hydrogens (primary N) is 1. The number of pyridine rings is 3. The largest absolute Gasteiger partial charge is 0.384 e. The highest BCUT2D eigenvalue weighted by atomic mass is 16.2. The van der Waals surface area contributed by atoms with Gasteiger partial charge in [-0.3, -0.25) is 14.6 Å². The third-order valence-electron chi connectivity index (χ3n) is 6.72. The summed E-state index contributed by atoms with van der Waals surface area (Å²) in [5.74, 6) is 0.825. The number of likely N-dealkylation sites (N-methyl/N-ethyl adjacent to an activating group) is 1. The molecule has 3 N–H and O–H groups in total. The van der Waals surface area contributed by atoms with Crippen molar-refractivity contribution < 1.29 is 4.79 Å². The molecular weight excluding hydrogens is 478 g/mol. The van der Waals surface area contributed by atoms with Gasteiger partial charge in [-0.15, -0.1) is 0 Å². The number of nitrogens with one attached hydrogen (secondary N) is 1. The fourth-order valence-electron chi connectivity index (χ4n) is 4.52. The van der Waals surface area contributed by atoms with Crippen molar-refractivity contribution in [3.8, 4) is 22.6 Å². The lowest BCUT2D eigenvalue weighted by atomic mass is 10.0. The van der Waals surface area contributed by atoms with Crippen LogP contribution < -0.4 is 11.2 Å². The molecule has 9 heteroatoms. The molecule has 0 aliphatic heterocycles. The third kappa shape index (κ3) is 4.90. The molecule has 1 amide bonds. The first-order chi connectivity index (χ1) is 18.5. The average molecular weight is 508 g/mol. The molecule has 0 saturated heterocycles. The summed E-state index contributed by atoms with van der Waals surface area (Å²) in [5, 5.41) is 0.480. The molecule has 38 heavy (non-hydrogen) atoms. The number of fused-ring (bicyclic) bond motifs is 1. The van der Waals surface area contributed by atoms with Gasteiger partial charge < -0.3 is 20.2 Å². The van der Waals surface area contributed by atoms with Gasteiger partial charge in [0.05, 0.1) is 17.5 Å². The van der Waals surface area contributed by atoms with Gasteiger partial charge in [0.25, 0.3) is 0 Å². The smallest absolute Gasteiger partial charge is 0.226 e. The van der Waals surface area contributed by atoms with Crippen LogP contribution in [-0.4, -0.2) is 48.9 Å². The summed E-state index contributed by atoms with van der Waals surface area (Å²) in [6.07, 6.45) is 7.88. The number of amides is 1. The number of nitrogen functional groups attached to an aromatic ring is 1. The van der Waals surface area contributed by atoms with Crippen LogP contribution in [0.1, 0.15) is 18.1 Å². The summed E-state index contributed by atoms with van der Waals surface area (Å²) >= 11 is 0. The number of anilines is 1. The number of rotatable bonds is 8.